The summed E-state index contributed by atoms with van der Waals surface area (Å²) in [4.78, 5) is 8.28. The van der Waals surface area contributed by atoms with E-state index in [1.165, 1.54) is 18.5 Å². The minimum atomic E-state index is -1.20. The maximum absolute atomic E-state index is 13.8. The molecule has 2 aromatic heterocycles. The lowest BCUT2D eigenvalue weighted by atomic mass is 9.92. The number of rotatable bonds is 4. The molecule has 8 nitrogen and oxygen atoms in total. The van der Waals surface area contributed by atoms with E-state index in [4.69, 9.17) is 17.4 Å². The molecule has 0 aliphatic heterocycles. The number of aliphatic hydroxyl groups excluding tert-OH is 3. The Balaban J connectivity index is 1.65. The second-order valence-electron chi connectivity index (χ2n) is 6.89. The van der Waals surface area contributed by atoms with Crippen LogP contribution in [0.3, 0.4) is 0 Å². The molecule has 5 atom stereocenters. The maximum atomic E-state index is 13.8. The first kappa shape index (κ1) is 19.0. The number of anilines is 1. The quantitative estimate of drug-likeness (QED) is 0.327. The van der Waals surface area contributed by atoms with Crippen LogP contribution in [0.1, 0.15) is 24.1 Å². The Kier molecular flexibility index (Phi) is 4.94. The van der Waals surface area contributed by atoms with E-state index in [0.29, 0.717) is 16.9 Å². The second-order valence-corrected chi connectivity index (χ2v) is 7.30. The van der Waals surface area contributed by atoms with Gasteiger partial charge in [-0.25, -0.2) is 20.2 Å². The van der Waals surface area contributed by atoms with Crippen molar-refractivity contribution in [2.24, 2.45) is 11.8 Å². The number of aromatic nitrogens is 3. The van der Waals surface area contributed by atoms with Crippen molar-refractivity contribution in [1.82, 2.24) is 14.5 Å². The highest BCUT2D eigenvalue weighted by atomic mass is 35.5. The van der Waals surface area contributed by atoms with Crippen LogP contribution >= 0.6 is 11.6 Å². The van der Waals surface area contributed by atoms with Crippen molar-refractivity contribution in [3.8, 4) is 0 Å². The van der Waals surface area contributed by atoms with E-state index in [1.54, 1.807) is 16.8 Å². The molecule has 1 unspecified atom stereocenters. The van der Waals surface area contributed by atoms with Crippen LogP contribution in [0.25, 0.3) is 11.0 Å². The molecule has 2 heterocycles. The Morgan fingerprint density at radius 1 is 1.25 bits per heavy atom. The van der Waals surface area contributed by atoms with Gasteiger partial charge in [0.2, 0.25) is 0 Å². The minimum absolute atomic E-state index is 0.0522. The molecule has 0 amide bonds. The topological polar surface area (TPSA) is 129 Å². The molecule has 1 aliphatic rings. The van der Waals surface area contributed by atoms with Crippen LogP contribution in [-0.2, 0) is 0 Å². The van der Waals surface area contributed by atoms with E-state index >= 15 is 0 Å². The first-order valence-corrected chi connectivity index (χ1v) is 9.07. The molecule has 0 radical (unpaired) electrons. The van der Waals surface area contributed by atoms with Gasteiger partial charge >= 0.3 is 0 Å². The molecule has 1 saturated carbocycles. The minimum Gasteiger partial charge on any atom is -0.390 e. The monoisotopic (exact) mass is 407 g/mol. The van der Waals surface area contributed by atoms with Gasteiger partial charge in [0.05, 0.1) is 28.7 Å². The molecule has 6 N–H and O–H groups in total. The smallest absolute Gasteiger partial charge is 0.152 e. The van der Waals surface area contributed by atoms with E-state index in [9.17, 15) is 19.7 Å². The van der Waals surface area contributed by atoms with Gasteiger partial charge in [-0.15, -0.1) is 0 Å². The number of nitrogens with one attached hydrogen (secondary N) is 1. The Hall–Kier alpha value is -2.30. The molecule has 4 rings (SSSR count). The normalized spacial score (nSPS) is 25.9. The van der Waals surface area contributed by atoms with Gasteiger partial charge in [0, 0.05) is 12.1 Å². The third kappa shape index (κ3) is 3.01. The maximum Gasteiger partial charge on any atom is 0.152 e. The zero-order valence-electron chi connectivity index (χ0n) is 14.6. The summed E-state index contributed by atoms with van der Waals surface area (Å²) in [6.45, 7) is 0. The molecule has 1 aromatic carbocycles. The highest BCUT2D eigenvalue weighted by molar-refractivity contribution is 6.30. The van der Waals surface area contributed by atoms with Gasteiger partial charge < -0.3 is 25.3 Å². The number of hydrazine groups is 1. The van der Waals surface area contributed by atoms with Crippen molar-refractivity contribution in [1.29, 1.82) is 0 Å². The molecule has 0 spiro atoms. The van der Waals surface area contributed by atoms with Crippen LogP contribution in [0.2, 0.25) is 5.02 Å². The van der Waals surface area contributed by atoms with E-state index in [2.05, 4.69) is 15.4 Å². The zero-order chi connectivity index (χ0) is 20.0. The van der Waals surface area contributed by atoms with Crippen LogP contribution in [0.15, 0.2) is 36.8 Å². The summed E-state index contributed by atoms with van der Waals surface area (Å²) in [5.41, 5.74) is 3.31. The SMILES string of the molecule is NNc1ncnc2c1ccn2[C@@H]1C[C@H](C(O)c2ccc(Cl)c(F)c2)[C@@H](O)[C@H]1O. The van der Waals surface area contributed by atoms with Crippen LogP contribution in [0.5, 0.6) is 0 Å². The number of benzene rings is 1. The third-order valence-electron chi connectivity index (χ3n) is 5.39. The third-order valence-corrected chi connectivity index (χ3v) is 5.70. The predicted molar refractivity (Wildman–Crippen MR) is 101 cm³/mol. The largest absolute Gasteiger partial charge is 0.390 e. The first-order chi connectivity index (χ1) is 13.4. The summed E-state index contributed by atoms with van der Waals surface area (Å²) in [6, 6.07) is 5.20. The van der Waals surface area contributed by atoms with Gasteiger partial charge in [-0.2, -0.15) is 0 Å². The summed E-state index contributed by atoms with van der Waals surface area (Å²) in [5, 5.41) is 32.5. The van der Waals surface area contributed by atoms with Crippen LogP contribution < -0.4 is 11.3 Å². The van der Waals surface area contributed by atoms with Crippen molar-refractivity contribution in [3.63, 3.8) is 0 Å². The van der Waals surface area contributed by atoms with E-state index in [-0.39, 0.29) is 17.0 Å². The summed E-state index contributed by atoms with van der Waals surface area (Å²) >= 11 is 5.69. The lowest BCUT2D eigenvalue weighted by molar-refractivity contribution is -0.0265. The molecular weight excluding hydrogens is 389 g/mol. The number of fused-ring (bicyclic) bond motifs is 1. The lowest BCUT2D eigenvalue weighted by Gasteiger charge is -2.22. The van der Waals surface area contributed by atoms with Crippen LogP contribution in [0, 0.1) is 11.7 Å². The molecule has 10 heteroatoms. The Morgan fingerprint density at radius 3 is 2.75 bits per heavy atom. The van der Waals surface area contributed by atoms with E-state index in [0.717, 1.165) is 6.07 Å². The predicted octanol–water partition coefficient (Wildman–Crippen LogP) is 1.53. The lowest BCUT2D eigenvalue weighted by Crippen LogP contribution is -2.31. The van der Waals surface area contributed by atoms with Gasteiger partial charge in [-0.1, -0.05) is 17.7 Å². The van der Waals surface area contributed by atoms with Crippen molar-refractivity contribution in [2.75, 3.05) is 5.43 Å². The number of hydrogen-bond donors (Lipinski definition) is 5. The van der Waals surface area contributed by atoms with Crippen molar-refractivity contribution < 1.29 is 19.7 Å². The molecule has 1 fully saturated rings. The average Bonchev–Trinajstić information content (AvgIpc) is 3.25. The van der Waals surface area contributed by atoms with Crippen molar-refractivity contribution in [2.45, 2.75) is 30.8 Å². The van der Waals surface area contributed by atoms with Gasteiger partial charge in [-0.3, -0.25) is 0 Å². The second kappa shape index (κ2) is 7.26. The summed E-state index contributed by atoms with van der Waals surface area (Å²) in [6.07, 6.45) is -0.195. The first-order valence-electron chi connectivity index (χ1n) is 8.69. The van der Waals surface area contributed by atoms with Gasteiger partial charge in [-0.05, 0) is 30.2 Å². The van der Waals surface area contributed by atoms with Crippen molar-refractivity contribution in [3.05, 3.63) is 53.2 Å². The fraction of sp³-hybridized carbons (Fsp3) is 0.333. The molecule has 0 bridgehead atoms. The Labute approximate surface area is 164 Å². The van der Waals surface area contributed by atoms with Gasteiger partial charge in [0.25, 0.3) is 0 Å². The number of halogens is 2. The Bertz CT molecular complexity index is 1020. The standard InChI is InChI=1S/C18H19ClFN5O3/c19-11-2-1-8(5-12(11)20)14(26)10-6-13(16(28)15(10)27)25-4-3-9-17(24-21)22-7-23-18(9)25/h1-5,7,10,13-16,26-28H,6,21H2,(H,22,23,24)/t10-,13-,14?,15-,16+/m1/s1. The molecule has 28 heavy (non-hydrogen) atoms. The summed E-state index contributed by atoms with van der Waals surface area (Å²) in [5.74, 6) is 4.54. The number of nitrogens with zero attached hydrogens (tertiary/aromatic N) is 3. The number of aliphatic hydroxyl groups is 3. The molecule has 3 aromatic rings. The molecular formula is C18H19ClFN5O3. The highest BCUT2D eigenvalue weighted by Crippen LogP contribution is 2.43. The van der Waals surface area contributed by atoms with Crippen LogP contribution in [-0.4, -0.2) is 42.1 Å². The highest BCUT2D eigenvalue weighted by Gasteiger charge is 2.46. The number of nitrogen functional groups attached to an aromatic ring is 1. The molecule has 1 aliphatic carbocycles. The average molecular weight is 408 g/mol. The molecule has 148 valence electrons. The summed E-state index contributed by atoms with van der Waals surface area (Å²) in [7, 11) is 0. The summed E-state index contributed by atoms with van der Waals surface area (Å²) < 4.78 is 15.5. The van der Waals surface area contributed by atoms with Crippen LogP contribution in [0.4, 0.5) is 10.2 Å². The fourth-order valence-electron chi connectivity index (χ4n) is 3.93. The van der Waals surface area contributed by atoms with E-state index < -0.39 is 36.1 Å². The number of nitrogens with two attached hydrogens (primary N) is 1. The molecule has 0 saturated heterocycles. The van der Waals surface area contributed by atoms with Crippen molar-refractivity contribution >= 4 is 28.5 Å². The zero-order valence-corrected chi connectivity index (χ0v) is 15.3. The van der Waals surface area contributed by atoms with Gasteiger partial charge in [0.15, 0.2) is 5.82 Å². The van der Waals surface area contributed by atoms with E-state index in [1.807, 2.05) is 0 Å². The van der Waals surface area contributed by atoms with Gasteiger partial charge in [0.1, 0.15) is 23.9 Å². The fourth-order valence-corrected chi connectivity index (χ4v) is 4.05. The Morgan fingerprint density at radius 2 is 2.04 bits per heavy atom. The number of hydrogen-bond acceptors (Lipinski definition) is 7.